The largest absolute Gasteiger partial charge is 0.496 e. The predicted molar refractivity (Wildman–Crippen MR) is 114 cm³/mol. The van der Waals surface area contributed by atoms with Gasteiger partial charge in [-0.3, -0.25) is 19.6 Å². The number of methoxy groups -OCH3 is 1. The van der Waals surface area contributed by atoms with Gasteiger partial charge >= 0.3 is 5.69 Å². The van der Waals surface area contributed by atoms with E-state index in [9.17, 15) is 14.9 Å². The zero-order chi connectivity index (χ0) is 21.8. The number of carbonyl (C=O) groups excluding carboxylic acids is 1. The zero-order valence-corrected chi connectivity index (χ0v) is 16.8. The van der Waals surface area contributed by atoms with Crippen molar-refractivity contribution in [1.82, 2.24) is 15.2 Å². The number of benzene rings is 2. The Hall–Kier alpha value is -4.01. The van der Waals surface area contributed by atoms with Crippen LogP contribution in [0.3, 0.4) is 0 Å². The first-order chi connectivity index (χ1) is 15.0. The van der Waals surface area contributed by atoms with Crippen LogP contribution in [0.1, 0.15) is 29.0 Å². The first-order valence-electron chi connectivity index (χ1n) is 9.77. The van der Waals surface area contributed by atoms with Crippen LogP contribution in [0.2, 0.25) is 0 Å². The van der Waals surface area contributed by atoms with Crippen molar-refractivity contribution in [3.8, 4) is 5.75 Å². The van der Waals surface area contributed by atoms with Crippen LogP contribution >= 0.6 is 0 Å². The molecule has 1 N–H and O–H groups in total. The fourth-order valence-corrected chi connectivity index (χ4v) is 3.52. The van der Waals surface area contributed by atoms with Gasteiger partial charge in [0.1, 0.15) is 18.1 Å². The molecule has 0 radical (unpaired) electrons. The van der Waals surface area contributed by atoms with Crippen molar-refractivity contribution < 1.29 is 14.5 Å². The summed E-state index contributed by atoms with van der Waals surface area (Å²) in [5.74, 6) is 0.731. The molecule has 1 aromatic heterocycles. The molecule has 0 spiro atoms. The van der Waals surface area contributed by atoms with Crippen LogP contribution in [0.25, 0.3) is 0 Å². The monoisotopic (exact) mass is 419 g/mol. The maximum Gasteiger partial charge on any atom is 0.307 e. The average Bonchev–Trinajstić information content (AvgIpc) is 3.45. The van der Waals surface area contributed by atoms with E-state index in [2.05, 4.69) is 15.6 Å². The molecule has 1 amide bonds. The Bertz CT molecular complexity index is 1130. The number of hydrazone groups is 1. The van der Waals surface area contributed by atoms with E-state index in [1.54, 1.807) is 19.4 Å². The standard InChI is InChI=1S/C22H21N5O4/c1-31-21-8-7-15(9-17(21)13-26-14-18(12-24-26)27(29)30)11-23-25-22(28)20-10-19(20)16-5-3-2-4-6-16/h2-9,11-12,14,19-20H,10,13H2,1H3,(H,25,28)/b23-11-/t19-,20+/m0/s1. The topological polar surface area (TPSA) is 112 Å². The first-order valence-corrected chi connectivity index (χ1v) is 9.77. The van der Waals surface area contributed by atoms with E-state index in [4.69, 9.17) is 4.74 Å². The molecule has 2 aromatic carbocycles. The number of nitrogens with one attached hydrogen (secondary N) is 1. The SMILES string of the molecule is COc1ccc(/C=N\NC(=O)[C@@H]2C[C@H]2c2ccccc2)cc1Cn1cc([N+](=O)[O-])cn1. The van der Waals surface area contributed by atoms with E-state index in [1.807, 2.05) is 42.5 Å². The van der Waals surface area contributed by atoms with Crippen LogP contribution in [0.15, 0.2) is 66.0 Å². The van der Waals surface area contributed by atoms with Crippen LogP contribution in [0.5, 0.6) is 5.75 Å². The van der Waals surface area contributed by atoms with Crippen molar-refractivity contribution in [2.45, 2.75) is 18.9 Å². The Morgan fingerprint density at radius 2 is 2.16 bits per heavy atom. The van der Waals surface area contributed by atoms with E-state index in [1.165, 1.54) is 22.6 Å². The van der Waals surface area contributed by atoms with Crippen LogP contribution in [-0.2, 0) is 11.3 Å². The quantitative estimate of drug-likeness (QED) is 0.343. The predicted octanol–water partition coefficient (Wildman–Crippen LogP) is 3.10. The Balaban J connectivity index is 1.39. The summed E-state index contributed by atoms with van der Waals surface area (Å²) in [5.41, 5.74) is 5.25. The highest BCUT2D eigenvalue weighted by atomic mass is 16.6. The highest BCUT2D eigenvalue weighted by Gasteiger charge is 2.43. The van der Waals surface area contributed by atoms with Crippen molar-refractivity contribution in [1.29, 1.82) is 0 Å². The summed E-state index contributed by atoms with van der Waals surface area (Å²) in [4.78, 5) is 22.7. The number of rotatable bonds is 8. The summed E-state index contributed by atoms with van der Waals surface area (Å²) < 4.78 is 6.84. The minimum atomic E-state index is -0.491. The number of aromatic nitrogens is 2. The average molecular weight is 419 g/mol. The van der Waals surface area contributed by atoms with Crippen LogP contribution in [0, 0.1) is 16.0 Å². The van der Waals surface area contributed by atoms with Crippen LogP contribution in [0.4, 0.5) is 5.69 Å². The Labute approximate surface area is 178 Å². The number of hydrogen-bond acceptors (Lipinski definition) is 6. The number of carbonyl (C=O) groups is 1. The highest BCUT2D eigenvalue weighted by Crippen LogP contribution is 2.47. The molecular weight excluding hydrogens is 398 g/mol. The lowest BCUT2D eigenvalue weighted by atomic mass is 10.1. The molecular formula is C22H21N5O4. The third-order valence-corrected chi connectivity index (χ3v) is 5.21. The lowest BCUT2D eigenvalue weighted by molar-refractivity contribution is -0.385. The van der Waals surface area contributed by atoms with Gasteiger partial charge in [0.2, 0.25) is 5.91 Å². The smallest absolute Gasteiger partial charge is 0.307 e. The van der Waals surface area contributed by atoms with E-state index < -0.39 is 4.92 Å². The summed E-state index contributed by atoms with van der Waals surface area (Å²) >= 11 is 0. The van der Waals surface area contributed by atoms with E-state index >= 15 is 0 Å². The van der Waals surface area contributed by atoms with Crippen molar-refractivity contribution in [3.05, 3.63) is 87.7 Å². The molecule has 4 rings (SSSR count). The maximum atomic E-state index is 12.3. The third kappa shape index (κ3) is 4.77. The van der Waals surface area contributed by atoms with Crippen molar-refractivity contribution in [3.63, 3.8) is 0 Å². The van der Waals surface area contributed by atoms with Gasteiger partial charge in [-0.25, -0.2) is 5.43 Å². The fourth-order valence-electron chi connectivity index (χ4n) is 3.52. The Morgan fingerprint density at radius 1 is 1.35 bits per heavy atom. The second-order valence-corrected chi connectivity index (χ2v) is 7.32. The Kier molecular flexibility index (Phi) is 5.74. The van der Waals surface area contributed by atoms with E-state index in [0.29, 0.717) is 12.3 Å². The number of amides is 1. The summed E-state index contributed by atoms with van der Waals surface area (Å²) in [5, 5.41) is 18.9. The molecule has 9 nitrogen and oxygen atoms in total. The molecule has 0 unspecified atom stereocenters. The molecule has 0 bridgehead atoms. The van der Waals surface area contributed by atoms with Crippen LogP contribution in [-0.4, -0.2) is 33.9 Å². The molecule has 0 aliphatic heterocycles. The van der Waals surface area contributed by atoms with Crippen molar-refractivity contribution >= 4 is 17.8 Å². The van der Waals surface area contributed by atoms with Crippen molar-refractivity contribution in [2.75, 3.05) is 7.11 Å². The van der Waals surface area contributed by atoms with Gasteiger partial charge in [0.25, 0.3) is 0 Å². The molecule has 31 heavy (non-hydrogen) atoms. The van der Waals surface area contributed by atoms with Gasteiger partial charge in [-0.15, -0.1) is 0 Å². The number of nitrogens with zero attached hydrogens (tertiary/aromatic N) is 4. The summed E-state index contributed by atoms with van der Waals surface area (Å²) in [6.07, 6.45) is 4.95. The van der Waals surface area contributed by atoms with Gasteiger partial charge < -0.3 is 4.74 Å². The van der Waals surface area contributed by atoms with Gasteiger partial charge in [-0.2, -0.15) is 10.2 Å². The number of ether oxygens (including phenoxy) is 1. The third-order valence-electron chi connectivity index (χ3n) is 5.21. The second kappa shape index (κ2) is 8.78. The number of hydrogen-bond donors (Lipinski definition) is 1. The van der Waals surface area contributed by atoms with Crippen molar-refractivity contribution in [2.24, 2.45) is 11.0 Å². The maximum absolute atomic E-state index is 12.3. The molecule has 2 atom stereocenters. The lowest BCUT2D eigenvalue weighted by Crippen LogP contribution is -2.20. The normalized spacial score (nSPS) is 17.5. The van der Waals surface area contributed by atoms with Gasteiger partial charge in [0.15, 0.2) is 0 Å². The second-order valence-electron chi connectivity index (χ2n) is 7.32. The minimum absolute atomic E-state index is 0.0541. The Morgan fingerprint density at radius 3 is 2.87 bits per heavy atom. The van der Waals surface area contributed by atoms with Gasteiger partial charge in [0.05, 0.1) is 24.8 Å². The lowest BCUT2D eigenvalue weighted by Gasteiger charge is -2.09. The molecule has 158 valence electrons. The summed E-state index contributed by atoms with van der Waals surface area (Å²) in [7, 11) is 1.55. The van der Waals surface area contributed by atoms with Gasteiger partial charge in [-0.1, -0.05) is 30.3 Å². The fraction of sp³-hybridized carbons (Fsp3) is 0.227. The zero-order valence-electron chi connectivity index (χ0n) is 16.8. The highest BCUT2D eigenvalue weighted by molar-refractivity contribution is 5.85. The number of nitro groups is 1. The van der Waals surface area contributed by atoms with Gasteiger partial charge in [0, 0.05) is 11.5 Å². The van der Waals surface area contributed by atoms with E-state index in [-0.39, 0.29) is 23.4 Å². The molecule has 1 aliphatic rings. The molecule has 9 heteroatoms. The van der Waals surface area contributed by atoms with E-state index in [0.717, 1.165) is 17.5 Å². The summed E-state index contributed by atoms with van der Waals surface area (Å²) in [6.45, 7) is 0.298. The van der Waals surface area contributed by atoms with Crippen LogP contribution < -0.4 is 10.2 Å². The molecule has 0 saturated heterocycles. The summed E-state index contributed by atoms with van der Waals surface area (Å²) in [6, 6.07) is 15.4. The molecule has 1 saturated carbocycles. The minimum Gasteiger partial charge on any atom is -0.496 e. The van der Waals surface area contributed by atoms with Gasteiger partial charge in [-0.05, 0) is 41.7 Å². The molecule has 3 aromatic rings. The first kappa shape index (κ1) is 20.3. The molecule has 1 fully saturated rings. The molecule has 1 heterocycles. The molecule has 1 aliphatic carbocycles.